The number of hydrogen-bond donors (Lipinski definition) is 1. The molecule has 11 aromatic rings. The van der Waals surface area contributed by atoms with E-state index in [1.165, 1.54) is 91.1 Å². The van der Waals surface area contributed by atoms with E-state index in [-0.39, 0.29) is 5.41 Å². The van der Waals surface area contributed by atoms with Gasteiger partial charge in [-0.15, -0.1) is 0 Å². The number of fused-ring (bicyclic) bond motifs is 8. The number of unbranched alkanes of at least 4 members (excludes halogenated alkanes) is 2. The van der Waals surface area contributed by atoms with E-state index in [9.17, 15) is 0 Å². The first-order valence-corrected chi connectivity index (χ1v) is 26.1. The molecule has 1 aromatic heterocycles. The van der Waals surface area contributed by atoms with Gasteiger partial charge in [-0.3, -0.25) is 0 Å². The summed E-state index contributed by atoms with van der Waals surface area (Å²) in [6.45, 7) is 7.07. The molecule has 10 aromatic carbocycles. The van der Waals surface area contributed by atoms with Crippen LogP contribution in [0.2, 0.25) is 0 Å². The second kappa shape index (κ2) is 18.3. The van der Waals surface area contributed by atoms with E-state index >= 15 is 0 Å². The first-order valence-electron chi connectivity index (χ1n) is 26.1. The van der Waals surface area contributed by atoms with E-state index in [1.807, 2.05) is 0 Å². The number of para-hydroxylation sites is 5. The Hall–Kier alpha value is -8.54. The van der Waals surface area contributed by atoms with E-state index in [0.717, 1.165) is 64.8 Å². The molecule has 13 rings (SSSR count). The minimum absolute atomic E-state index is 0.136. The van der Waals surface area contributed by atoms with E-state index in [2.05, 4.69) is 271 Å². The molecule has 352 valence electrons. The number of rotatable bonds is 13. The Kier molecular flexibility index (Phi) is 11.1. The van der Waals surface area contributed by atoms with E-state index < -0.39 is 0 Å². The number of anilines is 8. The fourth-order valence-electron chi connectivity index (χ4n) is 12.1. The van der Waals surface area contributed by atoms with Crippen molar-refractivity contribution in [1.82, 2.24) is 4.57 Å². The molecule has 0 saturated carbocycles. The van der Waals surface area contributed by atoms with Gasteiger partial charge in [0.05, 0.1) is 16.7 Å². The van der Waals surface area contributed by atoms with Gasteiger partial charge in [0.15, 0.2) is 7.28 Å². The van der Waals surface area contributed by atoms with Crippen LogP contribution in [0.3, 0.4) is 0 Å². The minimum atomic E-state index is -0.136. The maximum atomic E-state index is 4.02. The summed E-state index contributed by atoms with van der Waals surface area (Å²) in [5.74, 6) is 0. The Morgan fingerprint density at radius 3 is 1.75 bits per heavy atom. The number of hydrogen-bond acceptors (Lipinski definition) is 3. The molecule has 0 fully saturated rings. The van der Waals surface area contributed by atoms with E-state index in [4.69, 9.17) is 0 Å². The molecule has 0 spiro atoms. The lowest BCUT2D eigenvalue weighted by Gasteiger charge is -2.31. The molecule has 1 N–H and O–H groups in total. The molecule has 5 heteroatoms. The fraction of sp³-hybridized carbons (Fsp3) is 0.118. The predicted octanol–water partition coefficient (Wildman–Crippen LogP) is 16.9. The van der Waals surface area contributed by atoms with Gasteiger partial charge in [0.2, 0.25) is 0 Å². The molecular weight excluding hydrogens is 884 g/mol. The van der Waals surface area contributed by atoms with Gasteiger partial charge in [-0.2, -0.15) is 0 Å². The van der Waals surface area contributed by atoms with Crippen molar-refractivity contribution < 1.29 is 0 Å². The third kappa shape index (κ3) is 7.61. The predicted molar refractivity (Wildman–Crippen MR) is 313 cm³/mol. The highest BCUT2D eigenvalue weighted by atomic mass is 15.2. The summed E-state index contributed by atoms with van der Waals surface area (Å²) >= 11 is 0. The Bertz CT molecular complexity index is 3750. The maximum Gasteiger partial charge on any atom is 0.198 e. The lowest BCUT2D eigenvalue weighted by Crippen LogP contribution is -2.38. The zero-order chi connectivity index (χ0) is 49.0. The van der Waals surface area contributed by atoms with Crippen LogP contribution in [0.25, 0.3) is 49.7 Å². The van der Waals surface area contributed by atoms with Gasteiger partial charge in [-0.1, -0.05) is 173 Å². The van der Waals surface area contributed by atoms with Gasteiger partial charge in [0.25, 0.3) is 0 Å². The highest BCUT2D eigenvalue weighted by Gasteiger charge is 2.38. The molecule has 1 aliphatic heterocycles. The van der Waals surface area contributed by atoms with Gasteiger partial charge in [-0.25, -0.2) is 0 Å². The molecule has 0 radical (unpaired) electrons. The first-order chi connectivity index (χ1) is 35.9. The van der Waals surface area contributed by atoms with Crippen molar-refractivity contribution in [2.45, 2.75) is 51.9 Å². The summed E-state index contributed by atoms with van der Waals surface area (Å²) in [7, 11) is 0.769. The van der Waals surface area contributed by atoms with Crippen LogP contribution in [0.1, 0.15) is 56.7 Å². The van der Waals surface area contributed by atoms with E-state index in [1.54, 1.807) is 0 Å². The van der Waals surface area contributed by atoms with Crippen LogP contribution in [0, 0.1) is 0 Å². The van der Waals surface area contributed by atoms with Crippen molar-refractivity contribution >= 4 is 85.5 Å². The van der Waals surface area contributed by atoms with Crippen molar-refractivity contribution in [2.75, 3.05) is 15.1 Å². The number of nitrogens with zero attached hydrogens (tertiary/aromatic N) is 3. The zero-order valence-electron chi connectivity index (χ0n) is 41.8. The average molecular weight is 941 g/mol. The minimum Gasteiger partial charge on any atom is -0.355 e. The molecule has 4 nitrogen and oxygen atoms in total. The Balaban J connectivity index is 1.13. The molecule has 0 amide bonds. The second-order valence-electron chi connectivity index (χ2n) is 20.4. The quantitative estimate of drug-likeness (QED) is 0.0920. The summed E-state index contributed by atoms with van der Waals surface area (Å²) in [6, 6.07) is 85.2. The average Bonchev–Trinajstić information content (AvgIpc) is 3.90. The molecule has 0 saturated heterocycles. The van der Waals surface area contributed by atoms with Crippen molar-refractivity contribution in [3.8, 4) is 27.9 Å². The summed E-state index contributed by atoms with van der Waals surface area (Å²) in [5.41, 5.74) is 24.1. The Labute approximate surface area is 430 Å². The van der Waals surface area contributed by atoms with Gasteiger partial charge in [0.1, 0.15) is 0 Å². The summed E-state index contributed by atoms with van der Waals surface area (Å²) in [6.07, 6.45) is 4.76. The zero-order valence-corrected chi connectivity index (χ0v) is 41.8. The van der Waals surface area contributed by atoms with Crippen molar-refractivity contribution in [3.05, 3.63) is 247 Å². The lowest BCUT2D eigenvalue weighted by atomic mass is 9.58. The lowest BCUT2D eigenvalue weighted by molar-refractivity contribution is 0.661. The number of aromatic nitrogens is 1. The van der Waals surface area contributed by atoms with Crippen LogP contribution in [0.15, 0.2) is 231 Å². The van der Waals surface area contributed by atoms with Gasteiger partial charge < -0.3 is 19.7 Å². The standard InChI is InChI=1S/C68H57BN4/c1-4-5-10-23-46-36-38-47(39-37-46)70-61-41-40-52(71(48-24-11-6-12-25-48)49-26-13-7-14-27-49)42-56(61)57-44-64(72(50-28-15-8-16-29-50)51-30-17-9-18-31-51)65-54-33-20-22-35-62(54)73-63-43-55-53-32-19-21-34-58(53)68(2,3)59(55)45-60(63)69-66(57)67(65)73/h6-9,11-22,24-45,69-70H,4-5,10,23H2,1-3H3. The second-order valence-corrected chi connectivity index (χ2v) is 20.4. The third-order valence-electron chi connectivity index (χ3n) is 15.6. The van der Waals surface area contributed by atoms with Crippen LogP contribution in [0.5, 0.6) is 0 Å². The normalized spacial score (nSPS) is 12.8. The molecular formula is C68H57BN4. The summed E-state index contributed by atoms with van der Waals surface area (Å²) in [5, 5.41) is 6.49. The van der Waals surface area contributed by atoms with Gasteiger partial charge >= 0.3 is 0 Å². The van der Waals surface area contributed by atoms with Crippen LogP contribution in [0.4, 0.5) is 45.5 Å². The molecule has 73 heavy (non-hydrogen) atoms. The molecule has 1 aliphatic carbocycles. The van der Waals surface area contributed by atoms with Crippen molar-refractivity contribution in [3.63, 3.8) is 0 Å². The summed E-state index contributed by atoms with van der Waals surface area (Å²) < 4.78 is 2.61. The SMILES string of the molecule is CCCCCc1ccc(Nc2ccc(N(c3ccccc3)c3ccccc3)cc2-c2cc(N(c3ccccc3)c3ccccc3)c3c4ccccc4n4c3c2Bc2cc3c(cc2-4)-c2ccccc2C3(C)C)cc1. The number of benzene rings is 10. The molecule has 0 bridgehead atoms. The van der Waals surface area contributed by atoms with Crippen molar-refractivity contribution in [2.24, 2.45) is 0 Å². The highest BCUT2D eigenvalue weighted by Crippen LogP contribution is 2.52. The maximum absolute atomic E-state index is 4.02. The van der Waals surface area contributed by atoms with Gasteiger partial charge in [0, 0.05) is 67.2 Å². The molecule has 0 unspecified atom stereocenters. The number of aryl methyl sites for hydroxylation is 1. The van der Waals surface area contributed by atoms with Crippen LogP contribution in [-0.2, 0) is 11.8 Å². The fourth-order valence-corrected chi connectivity index (χ4v) is 12.1. The third-order valence-corrected chi connectivity index (χ3v) is 15.6. The number of nitrogens with one attached hydrogen (secondary N) is 1. The molecule has 2 aliphatic rings. The largest absolute Gasteiger partial charge is 0.355 e. The monoisotopic (exact) mass is 940 g/mol. The Morgan fingerprint density at radius 2 is 1.10 bits per heavy atom. The van der Waals surface area contributed by atoms with Crippen molar-refractivity contribution in [1.29, 1.82) is 0 Å². The summed E-state index contributed by atoms with van der Waals surface area (Å²) in [4.78, 5) is 4.86. The van der Waals surface area contributed by atoms with Crippen LogP contribution < -0.4 is 26.0 Å². The molecule has 0 atom stereocenters. The smallest absolute Gasteiger partial charge is 0.198 e. The van der Waals surface area contributed by atoms with Crippen LogP contribution in [-0.4, -0.2) is 11.8 Å². The highest BCUT2D eigenvalue weighted by molar-refractivity contribution is 6.73. The van der Waals surface area contributed by atoms with Gasteiger partial charge in [-0.05, 0) is 149 Å². The topological polar surface area (TPSA) is 23.4 Å². The molecule has 2 heterocycles. The van der Waals surface area contributed by atoms with E-state index in [0.29, 0.717) is 0 Å². The first kappa shape index (κ1) is 44.4. The Morgan fingerprint density at radius 1 is 0.493 bits per heavy atom. The van der Waals surface area contributed by atoms with Crippen LogP contribution >= 0.6 is 0 Å².